The molecule has 0 radical (unpaired) electrons. The van der Waals surface area contributed by atoms with E-state index in [1.54, 1.807) is 18.2 Å². The van der Waals surface area contributed by atoms with Gasteiger partial charge >= 0.3 is 5.97 Å². The van der Waals surface area contributed by atoms with E-state index in [4.69, 9.17) is 4.74 Å². The van der Waals surface area contributed by atoms with Crippen molar-refractivity contribution in [3.8, 4) is 5.75 Å². The van der Waals surface area contributed by atoms with Gasteiger partial charge in [-0.05, 0) is 44.0 Å². The van der Waals surface area contributed by atoms with Crippen molar-refractivity contribution >= 4 is 17.7 Å². The van der Waals surface area contributed by atoms with E-state index in [0.29, 0.717) is 23.3 Å². The van der Waals surface area contributed by atoms with Crippen LogP contribution in [0.3, 0.4) is 0 Å². The van der Waals surface area contributed by atoms with Crippen LogP contribution < -0.4 is 10.1 Å². The first-order chi connectivity index (χ1) is 13.3. The molecule has 0 aromatic heterocycles. The van der Waals surface area contributed by atoms with Crippen LogP contribution in [-0.2, 0) is 22.4 Å². The molecule has 1 amide bonds. The lowest BCUT2D eigenvalue weighted by Gasteiger charge is -2.15. The highest BCUT2D eigenvalue weighted by Gasteiger charge is 2.20. The smallest absolute Gasteiger partial charge is 0.308 e. The molecule has 0 aliphatic rings. The second kappa shape index (κ2) is 9.69. The van der Waals surface area contributed by atoms with E-state index < -0.39 is 11.9 Å². The molecule has 0 bridgehead atoms. The summed E-state index contributed by atoms with van der Waals surface area (Å²) in [7, 11) is 1.49. The Morgan fingerprint density at radius 2 is 1.89 bits per heavy atom. The summed E-state index contributed by atoms with van der Waals surface area (Å²) < 4.78 is 5.25. The molecule has 148 valence electrons. The topological polar surface area (TPSA) is 92.7 Å². The van der Waals surface area contributed by atoms with E-state index in [-0.39, 0.29) is 24.7 Å². The average molecular weight is 383 g/mol. The van der Waals surface area contributed by atoms with E-state index in [2.05, 4.69) is 5.32 Å². The molecular weight excluding hydrogens is 358 g/mol. The van der Waals surface area contributed by atoms with Crippen molar-refractivity contribution in [2.75, 3.05) is 13.7 Å². The lowest BCUT2D eigenvalue weighted by Crippen LogP contribution is -2.35. The van der Waals surface area contributed by atoms with Crippen LogP contribution in [0.5, 0.6) is 5.75 Å². The summed E-state index contributed by atoms with van der Waals surface area (Å²) in [6.07, 6.45) is 0.335. The number of aliphatic carboxylic acids is 1. The number of ketones is 1. The Hall–Kier alpha value is -3.15. The number of carboxylic acids is 1. The minimum absolute atomic E-state index is 0.00107. The molecule has 6 heteroatoms. The molecule has 2 N–H and O–H groups in total. The first kappa shape index (κ1) is 21.2. The van der Waals surface area contributed by atoms with Gasteiger partial charge in [-0.25, -0.2) is 0 Å². The number of amides is 1. The number of ether oxygens (including phenoxy) is 1. The summed E-state index contributed by atoms with van der Waals surface area (Å²) in [4.78, 5) is 35.5. The predicted octanol–water partition coefficient (Wildman–Crippen LogP) is 2.81. The zero-order chi connectivity index (χ0) is 20.7. The number of carbonyl (C=O) groups excluding carboxylic acids is 2. The van der Waals surface area contributed by atoms with Crippen LogP contribution in [0.4, 0.5) is 0 Å². The van der Waals surface area contributed by atoms with Crippen molar-refractivity contribution in [1.82, 2.24) is 5.32 Å². The number of nitrogens with one attached hydrogen (secondary N) is 1. The zero-order valence-electron chi connectivity index (χ0n) is 16.3. The fourth-order valence-corrected chi connectivity index (χ4v) is 2.98. The Bertz CT molecular complexity index is 875. The highest BCUT2D eigenvalue weighted by Crippen LogP contribution is 2.21. The summed E-state index contributed by atoms with van der Waals surface area (Å²) in [5.74, 6) is -1.60. The van der Waals surface area contributed by atoms with Gasteiger partial charge in [0.15, 0.2) is 5.78 Å². The van der Waals surface area contributed by atoms with Gasteiger partial charge in [-0.15, -0.1) is 0 Å². The Kier molecular flexibility index (Phi) is 7.32. The Morgan fingerprint density at radius 3 is 2.50 bits per heavy atom. The largest absolute Gasteiger partial charge is 0.496 e. The maximum absolute atomic E-state index is 12.4. The second-order valence-corrected chi connectivity index (χ2v) is 6.79. The number of carbonyl (C=O) groups is 3. The molecule has 2 rings (SSSR count). The normalized spacial score (nSPS) is 11.5. The number of rotatable bonds is 9. The monoisotopic (exact) mass is 383 g/mol. The van der Waals surface area contributed by atoms with Gasteiger partial charge in [0, 0.05) is 17.7 Å². The third-order valence-electron chi connectivity index (χ3n) is 4.50. The van der Waals surface area contributed by atoms with Gasteiger partial charge in [0.05, 0.1) is 19.4 Å². The number of carboxylic acid groups (broad SMARTS) is 1. The molecule has 0 fully saturated rings. The van der Waals surface area contributed by atoms with Crippen LogP contribution in [0.25, 0.3) is 0 Å². The fraction of sp³-hybridized carbons (Fsp3) is 0.318. The number of hydrogen-bond acceptors (Lipinski definition) is 4. The molecule has 1 atom stereocenters. The van der Waals surface area contributed by atoms with Gasteiger partial charge in [0.2, 0.25) is 5.91 Å². The molecule has 2 aromatic rings. The van der Waals surface area contributed by atoms with Gasteiger partial charge < -0.3 is 15.2 Å². The van der Waals surface area contributed by atoms with E-state index >= 15 is 0 Å². The molecule has 0 heterocycles. The van der Waals surface area contributed by atoms with Crippen molar-refractivity contribution < 1.29 is 24.2 Å². The summed E-state index contributed by atoms with van der Waals surface area (Å²) in [5, 5.41) is 12.2. The summed E-state index contributed by atoms with van der Waals surface area (Å²) in [6, 6.07) is 12.6. The maximum Gasteiger partial charge on any atom is 0.308 e. The predicted molar refractivity (Wildman–Crippen MR) is 106 cm³/mol. The minimum atomic E-state index is -0.960. The molecule has 2 aromatic carbocycles. The van der Waals surface area contributed by atoms with Crippen LogP contribution in [0.2, 0.25) is 0 Å². The van der Waals surface area contributed by atoms with Crippen LogP contribution in [0.1, 0.15) is 34.0 Å². The summed E-state index contributed by atoms with van der Waals surface area (Å²) >= 11 is 0. The molecular formula is C22H25NO5. The molecule has 0 spiro atoms. The quantitative estimate of drug-likeness (QED) is 0.650. The number of methoxy groups -OCH3 is 1. The van der Waals surface area contributed by atoms with Gasteiger partial charge in [-0.2, -0.15) is 0 Å². The van der Waals surface area contributed by atoms with E-state index in [9.17, 15) is 19.5 Å². The van der Waals surface area contributed by atoms with E-state index in [0.717, 1.165) is 11.1 Å². The Morgan fingerprint density at radius 1 is 1.14 bits per heavy atom. The van der Waals surface area contributed by atoms with Gasteiger partial charge in [0.1, 0.15) is 5.75 Å². The average Bonchev–Trinajstić information content (AvgIpc) is 2.64. The summed E-state index contributed by atoms with van der Waals surface area (Å²) in [6.45, 7) is 3.43. The molecule has 28 heavy (non-hydrogen) atoms. The standard InChI is InChI=1S/C22H25NO5/c1-14-5-4-6-16(9-14)10-19(22(26)27)13-23-21(25)12-18-11-17(15(2)24)7-8-20(18)28-3/h4-9,11,19H,10,12-13H2,1-3H3,(H,23,25)(H,26,27). The Balaban J connectivity index is 2.02. The maximum atomic E-state index is 12.4. The van der Waals surface area contributed by atoms with E-state index in [1.807, 2.05) is 31.2 Å². The van der Waals surface area contributed by atoms with Crippen LogP contribution in [0, 0.1) is 12.8 Å². The van der Waals surface area contributed by atoms with Crippen molar-refractivity contribution in [3.05, 3.63) is 64.7 Å². The number of hydrogen-bond donors (Lipinski definition) is 2. The van der Waals surface area contributed by atoms with Crippen molar-refractivity contribution in [3.63, 3.8) is 0 Å². The summed E-state index contributed by atoms with van der Waals surface area (Å²) in [5.41, 5.74) is 3.05. The van der Waals surface area contributed by atoms with Crippen molar-refractivity contribution in [2.24, 2.45) is 5.92 Å². The van der Waals surface area contributed by atoms with Gasteiger partial charge in [-0.3, -0.25) is 14.4 Å². The van der Waals surface area contributed by atoms with Gasteiger partial charge in [-0.1, -0.05) is 29.8 Å². The number of benzene rings is 2. The van der Waals surface area contributed by atoms with E-state index in [1.165, 1.54) is 14.0 Å². The van der Waals surface area contributed by atoms with Crippen LogP contribution in [0.15, 0.2) is 42.5 Å². The highest BCUT2D eigenvalue weighted by atomic mass is 16.5. The zero-order valence-corrected chi connectivity index (χ0v) is 16.3. The third kappa shape index (κ3) is 5.94. The number of Topliss-reactive ketones (excluding diaryl/α,β-unsaturated/α-hetero) is 1. The lowest BCUT2D eigenvalue weighted by atomic mass is 9.98. The molecule has 0 saturated heterocycles. The van der Waals surface area contributed by atoms with Crippen molar-refractivity contribution in [2.45, 2.75) is 26.7 Å². The lowest BCUT2D eigenvalue weighted by molar-refractivity contribution is -0.141. The van der Waals surface area contributed by atoms with Crippen molar-refractivity contribution in [1.29, 1.82) is 0 Å². The Labute approximate surface area is 164 Å². The first-order valence-corrected chi connectivity index (χ1v) is 9.03. The van der Waals surface area contributed by atoms with Crippen LogP contribution >= 0.6 is 0 Å². The first-order valence-electron chi connectivity index (χ1n) is 9.03. The molecule has 6 nitrogen and oxygen atoms in total. The highest BCUT2D eigenvalue weighted by molar-refractivity contribution is 5.94. The molecule has 0 aliphatic carbocycles. The minimum Gasteiger partial charge on any atom is -0.496 e. The molecule has 0 aliphatic heterocycles. The van der Waals surface area contributed by atoms with Gasteiger partial charge in [0.25, 0.3) is 0 Å². The second-order valence-electron chi connectivity index (χ2n) is 6.79. The third-order valence-corrected chi connectivity index (χ3v) is 4.50. The SMILES string of the molecule is COc1ccc(C(C)=O)cc1CC(=O)NCC(Cc1cccc(C)c1)C(=O)O. The molecule has 0 saturated carbocycles. The van der Waals surface area contributed by atoms with Crippen LogP contribution in [-0.4, -0.2) is 36.4 Å². The fourth-order valence-electron chi connectivity index (χ4n) is 2.98. The number of aryl methyl sites for hydroxylation is 1. The molecule has 1 unspecified atom stereocenters.